The van der Waals surface area contributed by atoms with Crippen molar-refractivity contribution in [3.8, 4) is 0 Å². The van der Waals surface area contributed by atoms with Crippen molar-refractivity contribution >= 4 is 31.3 Å². The van der Waals surface area contributed by atoms with Crippen molar-refractivity contribution in [3.05, 3.63) is 0 Å². The Kier molecular flexibility index (Phi) is 28.8. The maximum absolute atomic E-state index is 8.88. The molecule has 28 heavy (non-hydrogen) atoms. The fourth-order valence-electron chi connectivity index (χ4n) is 0.854. The van der Waals surface area contributed by atoms with E-state index in [9.17, 15) is 0 Å². The lowest BCUT2D eigenvalue weighted by atomic mass is 10.1. The SMILES string of the molecule is CCCCCCCC.O=P(O)(O)O.O=P(O)(O)O.O=P(O)(O)O.O=P(O)(O)O. The molecule has 0 rings (SSSR count). The molecule has 20 heteroatoms. The highest BCUT2D eigenvalue weighted by molar-refractivity contribution is 7.45. The van der Waals surface area contributed by atoms with Crippen molar-refractivity contribution in [2.45, 2.75) is 52.4 Å². The maximum Gasteiger partial charge on any atom is 0.466 e. The zero-order chi connectivity index (χ0) is 24.2. The Balaban J connectivity index is -0.0000000802. The van der Waals surface area contributed by atoms with E-state index in [-0.39, 0.29) is 0 Å². The maximum atomic E-state index is 8.88. The van der Waals surface area contributed by atoms with Crippen molar-refractivity contribution in [2.24, 2.45) is 0 Å². The highest BCUT2D eigenvalue weighted by Crippen LogP contribution is 2.27. The first-order chi connectivity index (χ1) is 11.9. The van der Waals surface area contributed by atoms with Crippen LogP contribution in [0.2, 0.25) is 0 Å². The van der Waals surface area contributed by atoms with E-state index in [1.165, 1.54) is 38.5 Å². The summed E-state index contributed by atoms with van der Waals surface area (Å²) in [6, 6.07) is 0. The lowest BCUT2D eigenvalue weighted by Crippen LogP contribution is -1.73. The second kappa shape index (κ2) is 20.7. The van der Waals surface area contributed by atoms with Crippen LogP contribution < -0.4 is 0 Å². The van der Waals surface area contributed by atoms with E-state index in [2.05, 4.69) is 13.8 Å². The second-order valence-electron chi connectivity index (χ2n) is 4.47. The van der Waals surface area contributed by atoms with Crippen molar-refractivity contribution in [3.63, 3.8) is 0 Å². The van der Waals surface area contributed by atoms with Gasteiger partial charge in [0.15, 0.2) is 0 Å². The summed E-state index contributed by atoms with van der Waals surface area (Å²) in [5.74, 6) is 0. The molecule has 0 atom stereocenters. The number of hydrogen-bond acceptors (Lipinski definition) is 4. The molecule has 0 unspecified atom stereocenters. The Morgan fingerprint density at radius 1 is 0.393 bits per heavy atom. The quantitative estimate of drug-likeness (QED) is 0.167. The minimum absolute atomic E-state index is 1.36. The van der Waals surface area contributed by atoms with Crippen LogP contribution in [0.25, 0.3) is 0 Å². The summed E-state index contributed by atoms with van der Waals surface area (Å²) < 4.78 is 35.5. The summed E-state index contributed by atoms with van der Waals surface area (Å²) in [6.07, 6.45) is 8.49. The van der Waals surface area contributed by atoms with Gasteiger partial charge in [0.1, 0.15) is 0 Å². The lowest BCUT2D eigenvalue weighted by molar-refractivity contribution is 0.272. The lowest BCUT2D eigenvalue weighted by Gasteiger charge is -1.93. The van der Waals surface area contributed by atoms with Gasteiger partial charge in [-0.3, -0.25) is 0 Å². The van der Waals surface area contributed by atoms with Gasteiger partial charge in [0.05, 0.1) is 0 Å². The third kappa shape index (κ3) is 578. The molecule has 0 spiro atoms. The third-order valence-electron chi connectivity index (χ3n) is 1.46. The monoisotopic (exact) mass is 506 g/mol. The van der Waals surface area contributed by atoms with Gasteiger partial charge in [-0.1, -0.05) is 52.4 Å². The molecule has 0 aromatic rings. The molecule has 178 valence electrons. The van der Waals surface area contributed by atoms with Crippen LogP contribution in [0.5, 0.6) is 0 Å². The smallest absolute Gasteiger partial charge is 0.303 e. The van der Waals surface area contributed by atoms with Gasteiger partial charge in [-0.2, -0.15) is 0 Å². The van der Waals surface area contributed by atoms with Crippen molar-refractivity contribution in [2.75, 3.05) is 0 Å². The Morgan fingerprint density at radius 3 is 0.571 bits per heavy atom. The summed E-state index contributed by atoms with van der Waals surface area (Å²) in [7, 11) is -18.6. The van der Waals surface area contributed by atoms with Crippen molar-refractivity contribution < 1.29 is 77.0 Å². The van der Waals surface area contributed by atoms with Crippen LogP contribution >= 0.6 is 31.3 Å². The first-order valence-electron chi connectivity index (χ1n) is 7.04. The van der Waals surface area contributed by atoms with E-state index in [1.807, 2.05) is 0 Å². The predicted octanol–water partition coefficient (Wildman–Crippen LogP) is -0.348. The molecular weight excluding hydrogens is 476 g/mol. The molecule has 0 saturated carbocycles. The summed E-state index contributed by atoms with van der Waals surface area (Å²) in [4.78, 5) is 86.2. The Bertz CT molecular complexity index is 380. The fraction of sp³-hybridized carbons (Fsp3) is 1.00. The largest absolute Gasteiger partial charge is 0.466 e. The molecule has 0 fully saturated rings. The first kappa shape index (κ1) is 39.0. The molecule has 16 nitrogen and oxygen atoms in total. The van der Waals surface area contributed by atoms with Crippen LogP contribution in [0.15, 0.2) is 0 Å². The van der Waals surface area contributed by atoms with Gasteiger partial charge in [0.25, 0.3) is 0 Å². The van der Waals surface area contributed by atoms with Gasteiger partial charge in [0, 0.05) is 0 Å². The Hall–Kier alpha value is 0.440. The van der Waals surface area contributed by atoms with Gasteiger partial charge in [0.2, 0.25) is 0 Å². The molecule has 0 bridgehead atoms. The van der Waals surface area contributed by atoms with Crippen LogP contribution in [-0.4, -0.2) is 58.7 Å². The van der Waals surface area contributed by atoms with Crippen molar-refractivity contribution in [1.82, 2.24) is 0 Å². The van der Waals surface area contributed by atoms with Gasteiger partial charge in [-0.05, 0) is 0 Å². The highest BCUT2D eigenvalue weighted by Gasteiger charge is 2.01. The topological polar surface area (TPSA) is 311 Å². The third-order valence-corrected chi connectivity index (χ3v) is 1.46. The van der Waals surface area contributed by atoms with E-state index in [4.69, 9.17) is 77.0 Å². The van der Waals surface area contributed by atoms with Crippen molar-refractivity contribution in [1.29, 1.82) is 0 Å². The van der Waals surface area contributed by atoms with E-state index < -0.39 is 31.3 Å². The minimum Gasteiger partial charge on any atom is -0.303 e. The highest BCUT2D eigenvalue weighted by atomic mass is 31.2. The van der Waals surface area contributed by atoms with E-state index in [0.717, 1.165) is 0 Å². The van der Waals surface area contributed by atoms with Gasteiger partial charge < -0.3 is 58.7 Å². The molecule has 0 radical (unpaired) electrons. The van der Waals surface area contributed by atoms with E-state index in [1.54, 1.807) is 0 Å². The Morgan fingerprint density at radius 2 is 0.500 bits per heavy atom. The molecule has 0 aromatic carbocycles. The number of phosphoric acid groups is 4. The summed E-state index contributed by atoms with van der Waals surface area (Å²) in [5.41, 5.74) is 0. The standard InChI is InChI=1S/C8H18.4H3O4P/c1-3-5-7-8-6-4-2;4*1-5(2,3)4/h3-8H2,1-2H3;4*(H3,1,2,3,4). The first-order valence-corrected chi connectivity index (χ1v) is 13.3. The average Bonchev–Trinajstić information content (AvgIpc) is 2.26. The summed E-state index contributed by atoms with van der Waals surface area (Å²) >= 11 is 0. The van der Waals surface area contributed by atoms with Gasteiger partial charge in [-0.25, -0.2) is 18.3 Å². The van der Waals surface area contributed by atoms with E-state index >= 15 is 0 Å². The average molecular weight is 506 g/mol. The van der Waals surface area contributed by atoms with Crippen LogP contribution in [0.3, 0.4) is 0 Å². The van der Waals surface area contributed by atoms with Crippen LogP contribution in [0, 0.1) is 0 Å². The number of rotatable bonds is 5. The zero-order valence-corrected chi connectivity index (χ0v) is 18.6. The van der Waals surface area contributed by atoms with Crippen LogP contribution in [0.1, 0.15) is 52.4 Å². The molecular formula is C8H30O16P4. The summed E-state index contributed by atoms with van der Waals surface area (Å²) in [6.45, 7) is 4.51. The number of unbranched alkanes of at least 4 members (excludes halogenated alkanes) is 5. The summed E-state index contributed by atoms with van der Waals surface area (Å²) in [5, 5.41) is 0. The molecule has 0 aromatic heterocycles. The van der Waals surface area contributed by atoms with E-state index in [0.29, 0.717) is 0 Å². The molecule has 12 N–H and O–H groups in total. The second-order valence-corrected chi connectivity index (χ2v) is 8.57. The molecule has 0 saturated heterocycles. The number of hydrogen-bond donors (Lipinski definition) is 12. The van der Waals surface area contributed by atoms with Gasteiger partial charge >= 0.3 is 31.3 Å². The zero-order valence-electron chi connectivity index (χ0n) is 15.0. The normalized spacial score (nSPS) is 11.2. The Labute approximate surface area is 161 Å². The molecule has 0 aliphatic heterocycles. The molecule has 0 aliphatic rings. The molecule has 0 heterocycles. The van der Waals surface area contributed by atoms with Gasteiger partial charge in [-0.15, -0.1) is 0 Å². The fourth-order valence-corrected chi connectivity index (χ4v) is 0.854. The predicted molar refractivity (Wildman–Crippen MR) is 96.1 cm³/mol. The van der Waals surface area contributed by atoms with Crippen LogP contribution in [0.4, 0.5) is 0 Å². The molecule has 0 aliphatic carbocycles. The molecule has 0 amide bonds. The minimum atomic E-state index is -4.64. The van der Waals surface area contributed by atoms with Crippen LogP contribution in [-0.2, 0) is 18.3 Å².